The predicted molar refractivity (Wildman–Crippen MR) is 164 cm³/mol. The number of hydrogen-bond acceptors (Lipinski definition) is 8. The number of aliphatic carboxylic acids is 1. The molecule has 0 aromatic heterocycles. The third-order valence-electron chi connectivity index (χ3n) is 7.67. The van der Waals surface area contributed by atoms with E-state index < -0.39 is 17.9 Å². The monoisotopic (exact) mass is 607 g/mol. The fraction of sp³-hybridized carbons (Fsp3) is 0.576. The van der Waals surface area contributed by atoms with E-state index in [0.717, 1.165) is 28.7 Å². The number of ether oxygens (including phenoxy) is 4. The molecular formula is C33H46LiNO7S. The normalized spacial score (nSPS) is 15.0. The van der Waals surface area contributed by atoms with Gasteiger partial charge in [0, 0.05) is 12.7 Å². The third-order valence-corrected chi connectivity index (χ3v) is 8.32. The van der Waals surface area contributed by atoms with E-state index in [4.69, 9.17) is 18.9 Å². The second kappa shape index (κ2) is 21.0. The maximum atomic E-state index is 13.4. The fourth-order valence-corrected chi connectivity index (χ4v) is 5.80. The molecule has 0 spiro atoms. The molecule has 0 unspecified atom stereocenters. The summed E-state index contributed by atoms with van der Waals surface area (Å²) >= 11 is 1.52. The summed E-state index contributed by atoms with van der Waals surface area (Å²) < 4.78 is 22.7. The van der Waals surface area contributed by atoms with Gasteiger partial charge < -0.3 is 34.2 Å². The molecule has 0 bridgehead atoms. The van der Waals surface area contributed by atoms with Crippen LogP contribution in [0.5, 0.6) is 0 Å². The number of methoxy groups -OCH3 is 1. The zero-order chi connectivity index (χ0) is 30.2. The molecule has 8 nitrogen and oxygen atoms in total. The largest absolute Gasteiger partial charge is 1.00 e. The van der Waals surface area contributed by atoms with Crippen molar-refractivity contribution < 1.29 is 52.5 Å². The number of hydrogen-bond donors (Lipinski definition) is 1. The Morgan fingerprint density at radius 1 is 1.05 bits per heavy atom. The Morgan fingerprint density at radius 3 is 2.51 bits per heavy atom. The van der Waals surface area contributed by atoms with Gasteiger partial charge in [-0.1, -0.05) is 62.4 Å². The smallest absolute Gasteiger partial charge is 0.548 e. The Kier molecular flexibility index (Phi) is 18.2. The number of carbonyl (C=O) groups is 2. The molecule has 2 atom stereocenters. The minimum Gasteiger partial charge on any atom is -0.548 e. The molecular weight excluding hydrogens is 561 g/mol. The van der Waals surface area contributed by atoms with Crippen LogP contribution in [0.2, 0.25) is 0 Å². The quantitative estimate of drug-likeness (QED) is 0.146. The molecule has 1 saturated carbocycles. The van der Waals surface area contributed by atoms with Crippen molar-refractivity contribution in [3.63, 3.8) is 0 Å². The second-order valence-corrected chi connectivity index (χ2v) is 11.9. The van der Waals surface area contributed by atoms with E-state index in [1.54, 1.807) is 13.2 Å². The Balaban J connectivity index is 0.00000645. The summed E-state index contributed by atoms with van der Waals surface area (Å²) in [7, 11) is 1.64. The summed E-state index contributed by atoms with van der Waals surface area (Å²) in [5.41, 5.74) is 4.00. The average molecular weight is 608 g/mol. The van der Waals surface area contributed by atoms with Crippen molar-refractivity contribution in [2.75, 3.05) is 45.7 Å². The summed E-state index contributed by atoms with van der Waals surface area (Å²) in [6.45, 7) is 3.99. The summed E-state index contributed by atoms with van der Waals surface area (Å²) in [5, 5.41) is 14.4. The summed E-state index contributed by atoms with van der Waals surface area (Å²) in [6.07, 6.45) is 9.30. The van der Waals surface area contributed by atoms with Crippen molar-refractivity contribution in [1.29, 1.82) is 0 Å². The van der Waals surface area contributed by atoms with Gasteiger partial charge in [0.1, 0.15) is 6.79 Å². The van der Waals surface area contributed by atoms with Gasteiger partial charge in [0.05, 0.1) is 44.5 Å². The zero-order valence-electron chi connectivity index (χ0n) is 26.2. The molecule has 0 heterocycles. The standard InChI is InChI=1S/C33H47NO7S.Li/c1-24-9-7-8-12-28(24)30-20-26(13-14-29(30)32(35)34-31(33(36)37)15-18-42-3)21-41-27(19-25-10-5-4-6-11-25)22-40-23-39-17-16-38-2;/h7-9,12-14,20,25,27,31H,4-6,10-11,15-19,21-23H2,1-3H3,(H,34,35)(H,36,37);/q;+1/p-1/t27-,31-;/m0./s1. The molecule has 0 aliphatic heterocycles. The number of aryl methyl sites for hydroxylation is 1. The summed E-state index contributed by atoms with van der Waals surface area (Å²) in [4.78, 5) is 25.1. The number of rotatable bonds is 19. The molecule has 1 aliphatic rings. The van der Waals surface area contributed by atoms with Gasteiger partial charge in [0.25, 0.3) is 5.91 Å². The Bertz CT molecular complexity index is 1110. The molecule has 3 rings (SSSR count). The molecule has 232 valence electrons. The van der Waals surface area contributed by atoms with Crippen LogP contribution < -0.4 is 29.3 Å². The van der Waals surface area contributed by atoms with Crippen molar-refractivity contribution in [3.8, 4) is 11.1 Å². The SMILES string of the molecule is COCCOCOC[C@H](CC1CCCCC1)OCc1ccc(C(=O)N[C@@H](CCSC)C(=O)[O-])c(-c2ccccc2C)c1.[Li+]. The van der Waals surface area contributed by atoms with Gasteiger partial charge in [-0.05, 0) is 72.1 Å². The molecule has 1 aliphatic carbocycles. The van der Waals surface area contributed by atoms with Gasteiger partial charge in [-0.15, -0.1) is 0 Å². The summed E-state index contributed by atoms with van der Waals surface area (Å²) in [5.74, 6) is -0.494. The molecule has 1 fully saturated rings. The first-order chi connectivity index (χ1) is 20.4. The average Bonchev–Trinajstić information content (AvgIpc) is 3.00. The Morgan fingerprint density at radius 2 is 1.81 bits per heavy atom. The van der Waals surface area contributed by atoms with Gasteiger partial charge in [0.15, 0.2) is 0 Å². The number of benzene rings is 2. The zero-order valence-corrected chi connectivity index (χ0v) is 27.0. The third kappa shape index (κ3) is 13.0. The fourth-order valence-electron chi connectivity index (χ4n) is 5.33. The van der Waals surface area contributed by atoms with E-state index in [9.17, 15) is 14.7 Å². The second-order valence-electron chi connectivity index (χ2n) is 10.9. The van der Waals surface area contributed by atoms with Crippen LogP contribution in [0.1, 0.15) is 66.4 Å². The van der Waals surface area contributed by atoms with E-state index in [-0.39, 0.29) is 31.8 Å². The molecule has 0 radical (unpaired) electrons. The van der Waals surface area contributed by atoms with Gasteiger partial charge in [0.2, 0.25) is 0 Å². The summed E-state index contributed by atoms with van der Waals surface area (Å²) in [6, 6.07) is 12.4. The number of carboxylic acids is 1. The van der Waals surface area contributed by atoms with Crippen LogP contribution >= 0.6 is 11.8 Å². The van der Waals surface area contributed by atoms with Gasteiger partial charge >= 0.3 is 18.9 Å². The minimum atomic E-state index is -1.28. The van der Waals surface area contributed by atoms with E-state index in [1.165, 1.54) is 43.9 Å². The molecule has 10 heteroatoms. The van der Waals surface area contributed by atoms with Crippen molar-refractivity contribution in [2.45, 2.75) is 70.6 Å². The van der Waals surface area contributed by atoms with Crippen LogP contribution in [0.4, 0.5) is 0 Å². The van der Waals surface area contributed by atoms with E-state index in [0.29, 0.717) is 50.1 Å². The number of amides is 1. The van der Waals surface area contributed by atoms with Crippen LogP contribution in [0.25, 0.3) is 11.1 Å². The van der Waals surface area contributed by atoms with Crippen molar-refractivity contribution >= 4 is 23.6 Å². The Hall–Kier alpha value is -1.83. The van der Waals surface area contributed by atoms with Crippen molar-refractivity contribution in [3.05, 3.63) is 59.2 Å². The van der Waals surface area contributed by atoms with Crippen molar-refractivity contribution in [1.82, 2.24) is 5.32 Å². The molecule has 1 amide bonds. The first-order valence-electron chi connectivity index (χ1n) is 14.9. The van der Waals surface area contributed by atoms with Crippen molar-refractivity contribution in [2.24, 2.45) is 5.92 Å². The van der Waals surface area contributed by atoms with E-state index in [2.05, 4.69) is 5.32 Å². The Labute approximate surface area is 273 Å². The number of nitrogens with one attached hydrogen (secondary N) is 1. The number of carboxylic acid groups (broad SMARTS) is 1. The first kappa shape index (κ1) is 37.4. The van der Waals surface area contributed by atoms with E-state index in [1.807, 2.05) is 49.6 Å². The minimum absolute atomic E-state index is 0. The topological polar surface area (TPSA) is 106 Å². The van der Waals surface area contributed by atoms with Gasteiger partial charge in [-0.3, -0.25) is 4.79 Å². The molecule has 43 heavy (non-hydrogen) atoms. The maximum absolute atomic E-state index is 13.4. The molecule has 2 aromatic carbocycles. The number of thioether (sulfide) groups is 1. The van der Waals surface area contributed by atoms with E-state index >= 15 is 0 Å². The van der Waals surface area contributed by atoms with Crippen LogP contribution in [0, 0.1) is 12.8 Å². The first-order valence-corrected chi connectivity index (χ1v) is 16.3. The van der Waals surface area contributed by atoms with Crippen LogP contribution in [-0.2, 0) is 30.3 Å². The number of carbonyl (C=O) groups excluding carboxylic acids is 2. The van der Waals surface area contributed by atoms with Crippen LogP contribution in [0.3, 0.4) is 0 Å². The molecule has 1 N–H and O–H groups in total. The van der Waals surface area contributed by atoms with Crippen LogP contribution in [0.15, 0.2) is 42.5 Å². The maximum Gasteiger partial charge on any atom is 1.00 e. The van der Waals surface area contributed by atoms with Gasteiger partial charge in [-0.25, -0.2) is 0 Å². The molecule has 0 saturated heterocycles. The molecule has 2 aromatic rings. The van der Waals surface area contributed by atoms with Gasteiger partial charge in [-0.2, -0.15) is 11.8 Å². The van der Waals surface area contributed by atoms with Crippen LogP contribution in [-0.4, -0.2) is 69.8 Å². The predicted octanol–water partition coefficient (Wildman–Crippen LogP) is 1.76.